The van der Waals surface area contributed by atoms with Crippen LogP contribution in [0.5, 0.6) is 11.5 Å². The molecule has 0 bridgehead atoms. The third-order valence-corrected chi connectivity index (χ3v) is 3.82. The van der Waals surface area contributed by atoms with Crippen LogP contribution in [0.1, 0.15) is 38.2 Å². The van der Waals surface area contributed by atoms with Crippen LogP contribution in [-0.2, 0) is 16.0 Å². The van der Waals surface area contributed by atoms with Crippen molar-refractivity contribution in [3.63, 3.8) is 0 Å². The predicted octanol–water partition coefficient (Wildman–Crippen LogP) is 2.64. The Morgan fingerprint density at radius 3 is 2.46 bits per heavy atom. The normalized spacial score (nSPS) is 11.6. The van der Waals surface area contributed by atoms with E-state index in [1.54, 1.807) is 14.2 Å². The summed E-state index contributed by atoms with van der Waals surface area (Å²) >= 11 is 0. The summed E-state index contributed by atoms with van der Waals surface area (Å²) in [5.74, 6) is 0.266. The van der Waals surface area contributed by atoms with E-state index < -0.39 is 5.97 Å². The van der Waals surface area contributed by atoms with Crippen molar-refractivity contribution in [3.8, 4) is 11.5 Å². The van der Waals surface area contributed by atoms with Gasteiger partial charge in [0.1, 0.15) is 0 Å². The molecule has 0 radical (unpaired) electrons. The van der Waals surface area contributed by atoms with Gasteiger partial charge in [0.05, 0.1) is 14.2 Å². The van der Waals surface area contributed by atoms with E-state index in [0.717, 1.165) is 18.4 Å². The molecule has 1 aromatic rings. The van der Waals surface area contributed by atoms with Gasteiger partial charge in [0.2, 0.25) is 5.91 Å². The summed E-state index contributed by atoms with van der Waals surface area (Å²) in [6.07, 6.45) is 2.58. The molecule has 0 aliphatic heterocycles. The number of hydrogen-bond acceptors (Lipinski definition) is 4. The number of hydrogen-bond donors (Lipinski definition) is 2. The van der Waals surface area contributed by atoms with E-state index in [4.69, 9.17) is 14.6 Å². The number of ether oxygens (including phenoxy) is 2. The molecule has 134 valence electrons. The summed E-state index contributed by atoms with van der Waals surface area (Å²) in [6.45, 7) is 2.49. The van der Waals surface area contributed by atoms with Crippen LogP contribution in [0.25, 0.3) is 0 Å². The Bertz CT molecular complexity index is 544. The standard InChI is InChI=1S/C18H27NO5/c1-4-5-14(12-18(21)22)11-17(20)19-9-8-13-6-7-15(23-2)16(10-13)24-3/h6-7,10,14H,4-5,8-9,11-12H2,1-3H3,(H,19,20)(H,21,22). The van der Waals surface area contributed by atoms with Crippen LogP contribution in [0.3, 0.4) is 0 Å². The molecule has 2 N–H and O–H groups in total. The van der Waals surface area contributed by atoms with E-state index in [1.807, 2.05) is 25.1 Å². The first kappa shape index (κ1) is 19.8. The van der Waals surface area contributed by atoms with E-state index in [0.29, 0.717) is 24.5 Å². The summed E-state index contributed by atoms with van der Waals surface area (Å²) in [6, 6.07) is 5.65. The highest BCUT2D eigenvalue weighted by Gasteiger charge is 2.16. The molecular formula is C18H27NO5. The SMILES string of the molecule is CCCC(CC(=O)O)CC(=O)NCCc1ccc(OC)c(OC)c1. The van der Waals surface area contributed by atoms with E-state index in [-0.39, 0.29) is 24.7 Å². The minimum atomic E-state index is -0.855. The van der Waals surface area contributed by atoms with E-state index >= 15 is 0 Å². The maximum atomic E-state index is 12.0. The van der Waals surface area contributed by atoms with Gasteiger partial charge in [-0.2, -0.15) is 0 Å². The topological polar surface area (TPSA) is 84.9 Å². The Labute approximate surface area is 143 Å². The van der Waals surface area contributed by atoms with Gasteiger partial charge in [-0.15, -0.1) is 0 Å². The molecule has 6 nitrogen and oxygen atoms in total. The number of methoxy groups -OCH3 is 2. The van der Waals surface area contributed by atoms with Crippen LogP contribution in [0.15, 0.2) is 18.2 Å². The lowest BCUT2D eigenvalue weighted by Crippen LogP contribution is -2.28. The molecule has 0 aliphatic rings. The number of carboxylic acid groups (broad SMARTS) is 1. The van der Waals surface area contributed by atoms with Crippen molar-refractivity contribution in [2.45, 2.75) is 39.0 Å². The fourth-order valence-corrected chi connectivity index (χ4v) is 2.65. The number of carbonyl (C=O) groups is 2. The van der Waals surface area contributed by atoms with Crippen molar-refractivity contribution in [1.82, 2.24) is 5.32 Å². The Morgan fingerprint density at radius 2 is 1.88 bits per heavy atom. The second kappa shape index (κ2) is 10.5. The van der Waals surface area contributed by atoms with Gasteiger partial charge in [-0.25, -0.2) is 0 Å². The van der Waals surface area contributed by atoms with Crippen molar-refractivity contribution in [3.05, 3.63) is 23.8 Å². The number of amides is 1. The average molecular weight is 337 g/mol. The summed E-state index contributed by atoms with van der Waals surface area (Å²) in [5.41, 5.74) is 1.03. The van der Waals surface area contributed by atoms with Crippen molar-refractivity contribution < 1.29 is 24.2 Å². The third-order valence-electron chi connectivity index (χ3n) is 3.82. The first-order valence-corrected chi connectivity index (χ1v) is 8.19. The van der Waals surface area contributed by atoms with E-state index in [9.17, 15) is 9.59 Å². The van der Waals surface area contributed by atoms with Gasteiger partial charge in [-0.1, -0.05) is 19.4 Å². The lowest BCUT2D eigenvalue weighted by molar-refractivity contribution is -0.138. The van der Waals surface area contributed by atoms with Gasteiger partial charge in [-0.05, 0) is 36.5 Å². The van der Waals surface area contributed by atoms with E-state index in [1.165, 1.54) is 0 Å². The maximum Gasteiger partial charge on any atom is 0.303 e. The Morgan fingerprint density at radius 1 is 1.17 bits per heavy atom. The summed E-state index contributed by atoms with van der Waals surface area (Å²) in [4.78, 5) is 22.8. The first-order chi connectivity index (χ1) is 11.5. The summed E-state index contributed by atoms with van der Waals surface area (Å²) < 4.78 is 10.4. The summed E-state index contributed by atoms with van der Waals surface area (Å²) in [7, 11) is 3.17. The average Bonchev–Trinajstić information content (AvgIpc) is 2.54. The maximum absolute atomic E-state index is 12.0. The second-order valence-electron chi connectivity index (χ2n) is 5.75. The number of aliphatic carboxylic acids is 1. The molecule has 24 heavy (non-hydrogen) atoms. The molecule has 0 fully saturated rings. The Balaban J connectivity index is 2.45. The predicted molar refractivity (Wildman–Crippen MR) is 91.5 cm³/mol. The Hall–Kier alpha value is -2.24. The lowest BCUT2D eigenvalue weighted by Gasteiger charge is -2.14. The zero-order valence-electron chi connectivity index (χ0n) is 14.6. The molecule has 0 heterocycles. The Kier molecular flexibility index (Phi) is 8.68. The van der Waals surface area contributed by atoms with Crippen molar-refractivity contribution in [1.29, 1.82) is 0 Å². The highest BCUT2D eigenvalue weighted by atomic mass is 16.5. The zero-order valence-corrected chi connectivity index (χ0v) is 14.6. The van der Waals surface area contributed by atoms with E-state index in [2.05, 4.69) is 5.32 Å². The number of carbonyl (C=O) groups excluding carboxylic acids is 1. The number of benzene rings is 1. The highest BCUT2D eigenvalue weighted by Crippen LogP contribution is 2.27. The van der Waals surface area contributed by atoms with Gasteiger partial charge in [0, 0.05) is 19.4 Å². The largest absolute Gasteiger partial charge is 0.493 e. The second-order valence-corrected chi connectivity index (χ2v) is 5.75. The monoisotopic (exact) mass is 337 g/mol. The summed E-state index contributed by atoms with van der Waals surface area (Å²) in [5, 5.41) is 11.7. The van der Waals surface area contributed by atoms with Gasteiger partial charge in [-0.3, -0.25) is 9.59 Å². The first-order valence-electron chi connectivity index (χ1n) is 8.19. The molecule has 0 spiro atoms. The molecule has 1 aromatic carbocycles. The minimum Gasteiger partial charge on any atom is -0.493 e. The van der Waals surface area contributed by atoms with Gasteiger partial charge in [0.15, 0.2) is 11.5 Å². The molecule has 6 heteroatoms. The van der Waals surface area contributed by atoms with Crippen LogP contribution in [0.4, 0.5) is 0 Å². The number of nitrogens with one attached hydrogen (secondary N) is 1. The minimum absolute atomic E-state index is 0.0386. The smallest absolute Gasteiger partial charge is 0.303 e. The quantitative estimate of drug-likeness (QED) is 0.648. The molecule has 1 rings (SSSR count). The fraction of sp³-hybridized carbons (Fsp3) is 0.556. The van der Waals surface area contributed by atoms with Gasteiger partial charge >= 0.3 is 5.97 Å². The van der Waals surface area contributed by atoms with Crippen LogP contribution < -0.4 is 14.8 Å². The van der Waals surface area contributed by atoms with Crippen LogP contribution in [0.2, 0.25) is 0 Å². The molecule has 0 saturated heterocycles. The zero-order chi connectivity index (χ0) is 17.9. The molecule has 1 amide bonds. The highest BCUT2D eigenvalue weighted by molar-refractivity contribution is 5.77. The van der Waals surface area contributed by atoms with Crippen LogP contribution >= 0.6 is 0 Å². The molecule has 0 saturated carbocycles. The number of carboxylic acids is 1. The van der Waals surface area contributed by atoms with Crippen molar-refractivity contribution >= 4 is 11.9 Å². The molecule has 0 aliphatic carbocycles. The molecular weight excluding hydrogens is 310 g/mol. The molecule has 0 aromatic heterocycles. The number of rotatable bonds is 11. The van der Waals surface area contributed by atoms with Gasteiger partial charge < -0.3 is 19.9 Å². The van der Waals surface area contributed by atoms with Crippen molar-refractivity contribution in [2.75, 3.05) is 20.8 Å². The van der Waals surface area contributed by atoms with Crippen molar-refractivity contribution in [2.24, 2.45) is 5.92 Å². The third kappa shape index (κ3) is 6.89. The lowest BCUT2D eigenvalue weighted by atomic mass is 9.96. The van der Waals surface area contributed by atoms with Gasteiger partial charge in [0.25, 0.3) is 0 Å². The molecule has 1 atom stereocenters. The van der Waals surface area contributed by atoms with Crippen LogP contribution in [0, 0.1) is 5.92 Å². The molecule has 1 unspecified atom stereocenters. The van der Waals surface area contributed by atoms with Crippen LogP contribution in [-0.4, -0.2) is 37.7 Å². The fourth-order valence-electron chi connectivity index (χ4n) is 2.65.